The largest absolute Gasteiger partial charge is 0.289 e. The minimum atomic E-state index is -0.0246. The Morgan fingerprint density at radius 1 is 1.10 bits per heavy atom. The highest BCUT2D eigenvalue weighted by atomic mass is 16.1. The van der Waals surface area contributed by atoms with Crippen molar-refractivity contribution in [3.63, 3.8) is 0 Å². The fraction of sp³-hybridized carbons (Fsp3) is 0.176. The lowest BCUT2D eigenvalue weighted by Gasteiger charge is -2.08. The van der Waals surface area contributed by atoms with Gasteiger partial charge >= 0.3 is 0 Å². The summed E-state index contributed by atoms with van der Waals surface area (Å²) in [4.78, 5) is 17.2. The van der Waals surface area contributed by atoms with E-state index in [-0.39, 0.29) is 5.78 Å². The second kappa shape index (κ2) is 5.40. The molecule has 0 saturated heterocycles. The summed E-state index contributed by atoms with van der Waals surface area (Å²) in [6, 6.07) is 11.2. The first kappa shape index (κ1) is 13.4. The van der Waals surface area contributed by atoms with E-state index in [4.69, 9.17) is 0 Å². The maximum absolute atomic E-state index is 12.9. The molecule has 4 nitrogen and oxygen atoms in total. The van der Waals surface area contributed by atoms with E-state index in [1.807, 2.05) is 50.2 Å². The van der Waals surface area contributed by atoms with Crippen molar-refractivity contribution in [2.24, 2.45) is 0 Å². The number of hydrogen-bond donors (Lipinski definition) is 0. The standard InChI is InChI=1S/C17H15N3O/c1-3-15-14(10-11(2)19-20-15)17(21)13-6-4-8-16-12(13)7-5-9-18-16/h4-10H,3H2,1-2H3. The molecule has 2 heterocycles. The number of benzene rings is 1. The molecule has 0 radical (unpaired) electrons. The number of aromatic nitrogens is 3. The van der Waals surface area contributed by atoms with Gasteiger partial charge in [-0.1, -0.05) is 25.1 Å². The summed E-state index contributed by atoms with van der Waals surface area (Å²) in [6.07, 6.45) is 2.41. The summed E-state index contributed by atoms with van der Waals surface area (Å²) >= 11 is 0. The number of aryl methyl sites for hydroxylation is 2. The number of hydrogen-bond acceptors (Lipinski definition) is 4. The monoisotopic (exact) mass is 277 g/mol. The van der Waals surface area contributed by atoms with Crippen LogP contribution in [0.25, 0.3) is 10.9 Å². The van der Waals surface area contributed by atoms with Gasteiger partial charge in [-0.05, 0) is 31.5 Å². The highest BCUT2D eigenvalue weighted by Crippen LogP contribution is 2.21. The molecule has 2 aromatic heterocycles. The quantitative estimate of drug-likeness (QED) is 0.690. The molecular formula is C17H15N3O. The lowest BCUT2D eigenvalue weighted by molar-refractivity contribution is 0.103. The Kier molecular flexibility index (Phi) is 3.44. The van der Waals surface area contributed by atoms with E-state index in [1.54, 1.807) is 6.20 Å². The van der Waals surface area contributed by atoms with E-state index in [0.29, 0.717) is 17.5 Å². The number of carbonyl (C=O) groups excluding carboxylic acids is 1. The summed E-state index contributed by atoms with van der Waals surface area (Å²) in [5.74, 6) is -0.0246. The number of carbonyl (C=O) groups is 1. The van der Waals surface area contributed by atoms with Gasteiger partial charge < -0.3 is 0 Å². The van der Waals surface area contributed by atoms with Crippen molar-refractivity contribution in [1.82, 2.24) is 15.2 Å². The van der Waals surface area contributed by atoms with E-state index in [9.17, 15) is 4.79 Å². The molecule has 0 unspecified atom stereocenters. The van der Waals surface area contributed by atoms with E-state index in [2.05, 4.69) is 15.2 Å². The molecule has 0 amide bonds. The molecule has 104 valence electrons. The van der Waals surface area contributed by atoms with E-state index < -0.39 is 0 Å². The highest BCUT2D eigenvalue weighted by molar-refractivity contribution is 6.16. The lowest BCUT2D eigenvalue weighted by atomic mass is 9.97. The van der Waals surface area contributed by atoms with Crippen molar-refractivity contribution in [1.29, 1.82) is 0 Å². The Balaban J connectivity index is 2.20. The van der Waals surface area contributed by atoms with Crippen LogP contribution in [0.4, 0.5) is 0 Å². The minimum absolute atomic E-state index is 0.0246. The maximum Gasteiger partial charge on any atom is 0.195 e. The third kappa shape index (κ3) is 2.40. The molecule has 0 aliphatic heterocycles. The van der Waals surface area contributed by atoms with Gasteiger partial charge in [0.1, 0.15) is 0 Å². The summed E-state index contributed by atoms with van der Waals surface area (Å²) < 4.78 is 0. The smallest absolute Gasteiger partial charge is 0.195 e. The highest BCUT2D eigenvalue weighted by Gasteiger charge is 2.17. The molecule has 0 saturated carbocycles. The average Bonchev–Trinajstić information content (AvgIpc) is 2.53. The molecule has 0 atom stereocenters. The van der Waals surface area contributed by atoms with Gasteiger partial charge in [0.25, 0.3) is 0 Å². The summed E-state index contributed by atoms with van der Waals surface area (Å²) in [6.45, 7) is 3.81. The first-order chi connectivity index (χ1) is 10.2. The van der Waals surface area contributed by atoms with Gasteiger partial charge in [0, 0.05) is 22.7 Å². The van der Waals surface area contributed by atoms with Gasteiger partial charge in [0.05, 0.1) is 16.9 Å². The van der Waals surface area contributed by atoms with Crippen molar-refractivity contribution in [3.05, 3.63) is 65.1 Å². The molecule has 0 fully saturated rings. The van der Waals surface area contributed by atoms with E-state index in [1.165, 1.54) is 0 Å². The van der Waals surface area contributed by atoms with Crippen LogP contribution < -0.4 is 0 Å². The van der Waals surface area contributed by atoms with Gasteiger partial charge in [-0.15, -0.1) is 0 Å². The summed E-state index contributed by atoms with van der Waals surface area (Å²) in [7, 11) is 0. The van der Waals surface area contributed by atoms with Crippen molar-refractivity contribution in [3.8, 4) is 0 Å². The number of fused-ring (bicyclic) bond motifs is 1. The predicted molar refractivity (Wildman–Crippen MR) is 81.3 cm³/mol. The van der Waals surface area contributed by atoms with Gasteiger partial charge in [0.15, 0.2) is 5.78 Å². The van der Waals surface area contributed by atoms with Gasteiger partial charge in [-0.25, -0.2) is 0 Å². The number of ketones is 1. The zero-order valence-corrected chi connectivity index (χ0v) is 12.0. The topological polar surface area (TPSA) is 55.7 Å². The van der Waals surface area contributed by atoms with Gasteiger partial charge in [0.2, 0.25) is 0 Å². The van der Waals surface area contributed by atoms with Crippen LogP contribution in [0.2, 0.25) is 0 Å². The van der Waals surface area contributed by atoms with Crippen LogP contribution in [0.1, 0.15) is 34.2 Å². The number of nitrogens with zero attached hydrogens (tertiary/aromatic N) is 3. The van der Waals surface area contributed by atoms with Gasteiger partial charge in [-0.3, -0.25) is 9.78 Å². The Labute approximate surface area is 122 Å². The van der Waals surface area contributed by atoms with Crippen LogP contribution in [0.5, 0.6) is 0 Å². The second-order valence-electron chi connectivity index (χ2n) is 4.90. The van der Waals surface area contributed by atoms with Crippen LogP contribution in [0.15, 0.2) is 42.6 Å². The predicted octanol–water partition coefficient (Wildman–Crippen LogP) is 3.13. The normalized spacial score (nSPS) is 10.8. The van der Waals surface area contributed by atoms with Crippen molar-refractivity contribution in [2.45, 2.75) is 20.3 Å². The number of pyridine rings is 1. The summed E-state index contributed by atoms with van der Waals surface area (Å²) in [5.41, 5.74) is 3.57. The molecule has 0 aliphatic carbocycles. The van der Waals surface area contributed by atoms with Crippen molar-refractivity contribution < 1.29 is 4.79 Å². The first-order valence-electron chi connectivity index (χ1n) is 6.92. The maximum atomic E-state index is 12.9. The van der Waals surface area contributed by atoms with Crippen LogP contribution in [0.3, 0.4) is 0 Å². The zero-order chi connectivity index (χ0) is 14.8. The third-order valence-corrected chi connectivity index (χ3v) is 3.46. The number of rotatable bonds is 3. The van der Waals surface area contributed by atoms with Gasteiger partial charge in [-0.2, -0.15) is 10.2 Å². The van der Waals surface area contributed by atoms with Crippen molar-refractivity contribution in [2.75, 3.05) is 0 Å². The van der Waals surface area contributed by atoms with Crippen molar-refractivity contribution >= 4 is 16.7 Å². The average molecular weight is 277 g/mol. The molecule has 0 bridgehead atoms. The fourth-order valence-electron chi connectivity index (χ4n) is 2.42. The van der Waals surface area contributed by atoms with Crippen LogP contribution in [-0.4, -0.2) is 21.0 Å². The summed E-state index contributed by atoms with van der Waals surface area (Å²) in [5, 5.41) is 9.03. The SMILES string of the molecule is CCc1nnc(C)cc1C(=O)c1cccc2ncccc12. The Morgan fingerprint density at radius 3 is 2.76 bits per heavy atom. The fourth-order valence-corrected chi connectivity index (χ4v) is 2.42. The van der Waals surface area contributed by atoms with Crippen LogP contribution in [-0.2, 0) is 6.42 Å². The molecular weight excluding hydrogens is 262 g/mol. The Bertz CT molecular complexity index is 822. The molecule has 0 aliphatic rings. The van der Waals surface area contributed by atoms with Crippen LogP contribution >= 0.6 is 0 Å². The molecule has 1 aromatic carbocycles. The van der Waals surface area contributed by atoms with E-state index >= 15 is 0 Å². The second-order valence-corrected chi connectivity index (χ2v) is 4.90. The Hall–Kier alpha value is -2.62. The molecule has 0 N–H and O–H groups in total. The van der Waals surface area contributed by atoms with E-state index in [0.717, 1.165) is 22.3 Å². The van der Waals surface area contributed by atoms with Crippen LogP contribution in [0, 0.1) is 6.92 Å². The Morgan fingerprint density at radius 2 is 1.95 bits per heavy atom. The first-order valence-corrected chi connectivity index (χ1v) is 6.92. The molecule has 21 heavy (non-hydrogen) atoms. The molecule has 3 aromatic rings. The third-order valence-electron chi connectivity index (χ3n) is 3.46. The molecule has 3 rings (SSSR count). The zero-order valence-electron chi connectivity index (χ0n) is 12.0. The minimum Gasteiger partial charge on any atom is -0.289 e. The molecule has 0 spiro atoms. The lowest BCUT2D eigenvalue weighted by Crippen LogP contribution is -2.09. The molecule has 4 heteroatoms.